The predicted octanol–water partition coefficient (Wildman–Crippen LogP) is 0.0262. The molecule has 104 valence electrons. The molecule has 0 radical (unpaired) electrons. The minimum absolute atomic E-state index is 0.0304. The Balaban J connectivity index is 2.20. The lowest BCUT2D eigenvalue weighted by Crippen LogP contribution is -2.44. The smallest absolute Gasteiger partial charge is 0.307 e. The second-order valence-corrected chi connectivity index (χ2v) is 7.13. The summed E-state index contributed by atoms with van der Waals surface area (Å²) in [6, 6.07) is -0.0304. The Morgan fingerprint density at radius 3 is 2.39 bits per heavy atom. The number of carboxylic acid groups (broad SMARTS) is 1. The first-order chi connectivity index (χ1) is 8.48. The highest BCUT2D eigenvalue weighted by molar-refractivity contribution is 7.89. The molecule has 0 aromatic carbocycles. The molecule has 2 fully saturated rings. The van der Waals surface area contributed by atoms with E-state index in [2.05, 4.69) is 0 Å². The molecule has 2 saturated carbocycles. The van der Waals surface area contributed by atoms with Gasteiger partial charge in [-0.15, -0.1) is 0 Å². The number of aliphatic hydroxyl groups excluding tert-OH is 1. The Hall–Kier alpha value is -0.660. The Morgan fingerprint density at radius 1 is 1.22 bits per heavy atom. The van der Waals surface area contributed by atoms with Crippen LogP contribution in [0.5, 0.6) is 0 Å². The highest BCUT2D eigenvalue weighted by Crippen LogP contribution is 2.37. The van der Waals surface area contributed by atoms with Gasteiger partial charge in [-0.05, 0) is 25.7 Å². The van der Waals surface area contributed by atoms with Crippen molar-refractivity contribution < 1.29 is 23.4 Å². The summed E-state index contributed by atoms with van der Waals surface area (Å²) in [6.07, 6.45) is 3.09. The van der Waals surface area contributed by atoms with E-state index < -0.39 is 27.2 Å². The van der Waals surface area contributed by atoms with Crippen LogP contribution in [0, 0.1) is 5.92 Å². The average molecular weight is 277 g/mol. The van der Waals surface area contributed by atoms with E-state index in [1.165, 1.54) is 4.31 Å². The SMILES string of the molecule is O=C(O)C1CCCC1S(=O)(=O)N(CCO)C1CC1. The van der Waals surface area contributed by atoms with Crippen LogP contribution in [0.2, 0.25) is 0 Å². The summed E-state index contributed by atoms with van der Waals surface area (Å²) >= 11 is 0. The van der Waals surface area contributed by atoms with Crippen LogP contribution in [-0.2, 0) is 14.8 Å². The first-order valence-electron chi connectivity index (χ1n) is 6.32. The van der Waals surface area contributed by atoms with Crippen molar-refractivity contribution in [3.8, 4) is 0 Å². The molecule has 6 nitrogen and oxygen atoms in total. The summed E-state index contributed by atoms with van der Waals surface area (Å²) in [7, 11) is -3.60. The van der Waals surface area contributed by atoms with Gasteiger partial charge in [0, 0.05) is 12.6 Å². The van der Waals surface area contributed by atoms with Crippen LogP contribution < -0.4 is 0 Å². The molecule has 2 aliphatic carbocycles. The van der Waals surface area contributed by atoms with Crippen molar-refractivity contribution in [1.29, 1.82) is 0 Å². The van der Waals surface area contributed by atoms with Gasteiger partial charge in [0.05, 0.1) is 17.8 Å². The second kappa shape index (κ2) is 5.14. The van der Waals surface area contributed by atoms with Crippen molar-refractivity contribution in [2.24, 2.45) is 5.92 Å². The fraction of sp³-hybridized carbons (Fsp3) is 0.909. The second-order valence-electron chi connectivity index (χ2n) is 5.02. The normalized spacial score (nSPS) is 28.8. The van der Waals surface area contributed by atoms with E-state index in [1.54, 1.807) is 0 Å². The third-order valence-corrected chi connectivity index (χ3v) is 6.22. The summed E-state index contributed by atoms with van der Waals surface area (Å²) in [6.45, 7) is -0.143. The number of hydrogen-bond acceptors (Lipinski definition) is 4. The monoisotopic (exact) mass is 277 g/mol. The largest absolute Gasteiger partial charge is 0.481 e. The van der Waals surface area contributed by atoms with Crippen LogP contribution in [-0.4, -0.2) is 53.3 Å². The van der Waals surface area contributed by atoms with Crippen molar-refractivity contribution in [3.63, 3.8) is 0 Å². The number of carboxylic acids is 1. The number of hydrogen-bond donors (Lipinski definition) is 2. The van der Waals surface area contributed by atoms with Crippen LogP contribution in [0.25, 0.3) is 0 Å². The fourth-order valence-corrected chi connectivity index (χ4v) is 5.16. The third-order valence-electron chi connectivity index (χ3n) is 3.75. The van der Waals surface area contributed by atoms with Crippen molar-refractivity contribution in [2.75, 3.05) is 13.2 Å². The lowest BCUT2D eigenvalue weighted by atomic mass is 10.1. The van der Waals surface area contributed by atoms with E-state index in [0.29, 0.717) is 19.3 Å². The molecule has 0 bridgehead atoms. The van der Waals surface area contributed by atoms with Crippen molar-refractivity contribution >= 4 is 16.0 Å². The number of sulfonamides is 1. The maximum Gasteiger partial charge on any atom is 0.307 e. The number of nitrogens with zero attached hydrogens (tertiary/aromatic N) is 1. The molecule has 2 atom stereocenters. The van der Waals surface area contributed by atoms with Crippen LogP contribution in [0.3, 0.4) is 0 Å². The zero-order valence-corrected chi connectivity index (χ0v) is 11.0. The van der Waals surface area contributed by atoms with E-state index in [-0.39, 0.29) is 19.2 Å². The van der Waals surface area contributed by atoms with E-state index >= 15 is 0 Å². The Labute approximate surface area is 107 Å². The van der Waals surface area contributed by atoms with Crippen molar-refractivity contribution in [1.82, 2.24) is 4.31 Å². The molecule has 2 N–H and O–H groups in total. The maximum absolute atomic E-state index is 12.5. The van der Waals surface area contributed by atoms with Gasteiger partial charge in [0.15, 0.2) is 0 Å². The number of aliphatic hydroxyl groups is 1. The molecular weight excluding hydrogens is 258 g/mol. The van der Waals surface area contributed by atoms with Gasteiger partial charge in [-0.25, -0.2) is 8.42 Å². The van der Waals surface area contributed by atoms with Gasteiger partial charge in [0.1, 0.15) is 0 Å². The molecule has 0 aromatic rings. The molecule has 2 unspecified atom stereocenters. The van der Waals surface area contributed by atoms with Gasteiger partial charge in [-0.1, -0.05) is 6.42 Å². The molecule has 0 aliphatic heterocycles. The highest BCUT2D eigenvalue weighted by atomic mass is 32.2. The molecule has 7 heteroatoms. The number of rotatable bonds is 6. The standard InChI is InChI=1S/C11H19NO5S/c13-7-6-12(8-4-5-8)18(16,17)10-3-1-2-9(10)11(14)15/h8-10,13H,1-7H2,(H,14,15). The molecule has 0 amide bonds. The molecule has 0 saturated heterocycles. The van der Waals surface area contributed by atoms with Crippen LogP contribution in [0.15, 0.2) is 0 Å². The molecule has 0 spiro atoms. The maximum atomic E-state index is 12.5. The first kappa shape index (κ1) is 13.8. The average Bonchev–Trinajstić information content (AvgIpc) is 2.99. The zero-order chi connectivity index (χ0) is 13.3. The van der Waals surface area contributed by atoms with Crippen LogP contribution >= 0.6 is 0 Å². The van der Waals surface area contributed by atoms with E-state index in [4.69, 9.17) is 10.2 Å². The zero-order valence-electron chi connectivity index (χ0n) is 10.2. The van der Waals surface area contributed by atoms with Crippen LogP contribution in [0.1, 0.15) is 32.1 Å². The number of carbonyl (C=O) groups is 1. The minimum Gasteiger partial charge on any atom is -0.481 e. The van der Waals surface area contributed by atoms with Gasteiger partial charge in [-0.2, -0.15) is 4.31 Å². The summed E-state index contributed by atoms with van der Waals surface area (Å²) in [5.41, 5.74) is 0. The van der Waals surface area contributed by atoms with Crippen molar-refractivity contribution in [2.45, 2.75) is 43.4 Å². The van der Waals surface area contributed by atoms with Crippen molar-refractivity contribution in [3.05, 3.63) is 0 Å². The molecular formula is C11H19NO5S. The van der Waals surface area contributed by atoms with Gasteiger partial charge in [0.25, 0.3) is 0 Å². The molecule has 2 aliphatic rings. The van der Waals surface area contributed by atoms with Gasteiger partial charge < -0.3 is 10.2 Å². The Bertz CT molecular complexity index is 417. The quantitative estimate of drug-likeness (QED) is 0.714. The molecule has 0 heterocycles. The topological polar surface area (TPSA) is 94.9 Å². The summed E-state index contributed by atoms with van der Waals surface area (Å²) in [5.74, 6) is -1.82. The van der Waals surface area contributed by atoms with Gasteiger partial charge in [-0.3, -0.25) is 4.79 Å². The lowest BCUT2D eigenvalue weighted by molar-refractivity contribution is -0.141. The van der Waals surface area contributed by atoms with E-state index in [9.17, 15) is 13.2 Å². The van der Waals surface area contributed by atoms with E-state index in [0.717, 1.165) is 12.8 Å². The molecule has 2 rings (SSSR count). The predicted molar refractivity (Wildman–Crippen MR) is 64.5 cm³/mol. The van der Waals surface area contributed by atoms with Gasteiger partial charge in [0.2, 0.25) is 10.0 Å². The number of aliphatic carboxylic acids is 1. The van der Waals surface area contributed by atoms with E-state index in [1.807, 2.05) is 0 Å². The summed E-state index contributed by atoms with van der Waals surface area (Å²) in [5, 5.41) is 17.2. The third kappa shape index (κ3) is 2.53. The van der Waals surface area contributed by atoms with Gasteiger partial charge >= 0.3 is 5.97 Å². The highest BCUT2D eigenvalue weighted by Gasteiger charge is 2.47. The molecule has 18 heavy (non-hydrogen) atoms. The van der Waals surface area contributed by atoms with Crippen LogP contribution in [0.4, 0.5) is 0 Å². The lowest BCUT2D eigenvalue weighted by Gasteiger charge is -2.26. The first-order valence-corrected chi connectivity index (χ1v) is 7.83. The summed E-state index contributed by atoms with van der Waals surface area (Å²) < 4.78 is 26.3. The Morgan fingerprint density at radius 2 is 1.89 bits per heavy atom. The summed E-state index contributed by atoms with van der Waals surface area (Å²) in [4.78, 5) is 11.1. The molecule has 0 aromatic heterocycles. The minimum atomic E-state index is -3.60. The fourth-order valence-electron chi connectivity index (χ4n) is 2.72. The Kier molecular flexibility index (Phi) is 3.93.